The summed E-state index contributed by atoms with van der Waals surface area (Å²) in [6.45, 7) is 0. The van der Waals surface area contributed by atoms with E-state index in [4.69, 9.17) is 0 Å². The number of halogens is 6. The Kier molecular flexibility index (Phi) is 5.14. The van der Waals surface area contributed by atoms with Gasteiger partial charge >= 0.3 is 12.4 Å². The van der Waals surface area contributed by atoms with Crippen molar-refractivity contribution < 1.29 is 31.1 Å². The number of pyridine rings is 2. The van der Waals surface area contributed by atoms with Crippen LogP contribution in [0, 0.1) is 0 Å². The minimum Gasteiger partial charge on any atom is -0.350 e. The second kappa shape index (κ2) is 7.60. The van der Waals surface area contributed by atoms with Crippen molar-refractivity contribution in [2.75, 3.05) is 5.32 Å². The first-order valence-corrected chi connectivity index (χ1v) is 9.26. The Morgan fingerprint density at radius 1 is 1.03 bits per heavy atom. The molecule has 7 nitrogen and oxygen atoms in total. The van der Waals surface area contributed by atoms with Gasteiger partial charge in [0.2, 0.25) is 0 Å². The number of alkyl halides is 6. The SMILES string of the molecule is Cn1nc(-c2cncc3ccn(C)c23)c(C(F)(F)F)c1C(=O)Nc1ccnc(C(F)(F)F)c1. The Morgan fingerprint density at radius 3 is 2.42 bits per heavy atom. The smallest absolute Gasteiger partial charge is 0.350 e. The van der Waals surface area contributed by atoms with Crippen molar-refractivity contribution in [1.29, 1.82) is 0 Å². The summed E-state index contributed by atoms with van der Waals surface area (Å²) in [7, 11) is 2.78. The maximum Gasteiger partial charge on any atom is 0.433 e. The van der Waals surface area contributed by atoms with E-state index in [0.29, 0.717) is 17.0 Å². The Bertz CT molecular complexity index is 1370. The number of carbonyl (C=O) groups excluding carboxylic acids is 1. The lowest BCUT2D eigenvalue weighted by Crippen LogP contribution is -2.21. The molecule has 13 heteroatoms. The van der Waals surface area contributed by atoms with Gasteiger partial charge in [-0.05, 0) is 18.2 Å². The molecule has 0 saturated carbocycles. The highest BCUT2D eigenvalue weighted by molar-refractivity contribution is 6.06. The minimum atomic E-state index is -5.00. The van der Waals surface area contributed by atoms with Gasteiger partial charge in [0.1, 0.15) is 22.6 Å². The zero-order valence-corrected chi connectivity index (χ0v) is 17.0. The number of hydrogen-bond acceptors (Lipinski definition) is 4. The number of carbonyl (C=O) groups is 1. The summed E-state index contributed by atoms with van der Waals surface area (Å²) < 4.78 is 83.4. The van der Waals surface area contributed by atoms with E-state index in [1.54, 1.807) is 23.9 Å². The zero-order chi connectivity index (χ0) is 24.1. The quantitative estimate of drug-likeness (QED) is 0.444. The molecule has 4 heterocycles. The van der Waals surface area contributed by atoms with Crippen molar-refractivity contribution in [2.45, 2.75) is 12.4 Å². The zero-order valence-electron chi connectivity index (χ0n) is 17.0. The van der Waals surface area contributed by atoms with Crippen LogP contribution in [0.4, 0.5) is 32.0 Å². The second-order valence-electron chi connectivity index (χ2n) is 7.13. The Labute approximate surface area is 181 Å². The van der Waals surface area contributed by atoms with E-state index in [9.17, 15) is 31.1 Å². The molecule has 4 aromatic rings. The van der Waals surface area contributed by atoms with Gasteiger partial charge in [-0.1, -0.05) is 0 Å². The molecule has 1 amide bonds. The lowest BCUT2D eigenvalue weighted by atomic mass is 10.0. The molecule has 0 aliphatic heterocycles. The summed E-state index contributed by atoms with van der Waals surface area (Å²) in [5.41, 5.74) is -3.93. The van der Waals surface area contributed by atoms with Crippen molar-refractivity contribution in [3.8, 4) is 11.3 Å². The molecule has 1 N–H and O–H groups in total. The third-order valence-electron chi connectivity index (χ3n) is 4.89. The van der Waals surface area contributed by atoms with Crippen molar-refractivity contribution >= 4 is 22.5 Å². The van der Waals surface area contributed by atoms with Gasteiger partial charge in [0.15, 0.2) is 0 Å². The van der Waals surface area contributed by atoms with Gasteiger partial charge in [-0.2, -0.15) is 31.4 Å². The summed E-state index contributed by atoms with van der Waals surface area (Å²) in [6, 6.07) is 3.22. The molecule has 0 bridgehead atoms. The monoisotopic (exact) mass is 468 g/mol. The highest BCUT2D eigenvalue weighted by Gasteiger charge is 2.43. The first-order valence-electron chi connectivity index (χ1n) is 9.26. The fourth-order valence-corrected chi connectivity index (χ4v) is 3.52. The van der Waals surface area contributed by atoms with Gasteiger partial charge < -0.3 is 9.88 Å². The predicted octanol–water partition coefficient (Wildman–Crippen LogP) is 4.66. The second-order valence-corrected chi connectivity index (χ2v) is 7.13. The van der Waals surface area contributed by atoms with Crippen LogP contribution in [0.3, 0.4) is 0 Å². The molecule has 4 aromatic heterocycles. The molecule has 172 valence electrons. The fourth-order valence-electron chi connectivity index (χ4n) is 3.52. The van der Waals surface area contributed by atoms with E-state index in [1.807, 2.05) is 0 Å². The number of aromatic nitrogens is 5. The van der Waals surface area contributed by atoms with Crippen molar-refractivity contribution in [2.24, 2.45) is 14.1 Å². The Hall–Kier alpha value is -3.90. The molecule has 33 heavy (non-hydrogen) atoms. The fraction of sp³-hybridized carbons (Fsp3) is 0.200. The van der Waals surface area contributed by atoms with E-state index >= 15 is 0 Å². The van der Waals surface area contributed by atoms with E-state index in [-0.39, 0.29) is 11.3 Å². The van der Waals surface area contributed by atoms with Crippen LogP contribution in [0.1, 0.15) is 21.7 Å². The number of anilines is 1. The first-order chi connectivity index (χ1) is 15.4. The maximum atomic E-state index is 14.1. The predicted molar refractivity (Wildman–Crippen MR) is 105 cm³/mol. The number of nitrogens with zero attached hydrogens (tertiary/aromatic N) is 5. The summed E-state index contributed by atoms with van der Waals surface area (Å²) in [6.07, 6.45) is -4.68. The molecular formula is C20H14F6N6O. The Morgan fingerprint density at radius 2 is 1.76 bits per heavy atom. The number of hydrogen-bond donors (Lipinski definition) is 1. The summed E-state index contributed by atoms with van der Waals surface area (Å²) in [5, 5.41) is 6.57. The number of fused-ring (bicyclic) bond motifs is 1. The lowest BCUT2D eigenvalue weighted by molar-refractivity contribution is -0.141. The molecule has 0 fully saturated rings. The van der Waals surface area contributed by atoms with Crippen molar-refractivity contribution in [1.82, 2.24) is 24.3 Å². The molecule has 0 atom stereocenters. The minimum absolute atomic E-state index is 0.0465. The largest absolute Gasteiger partial charge is 0.433 e. The number of nitrogens with one attached hydrogen (secondary N) is 1. The number of rotatable bonds is 3. The van der Waals surface area contributed by atoms with E-state index in [2.05, 4.69) is 20.4 Å². The van der Waals surface area contributed by atoms with Crippen LogP contribution >= 0.6 is 0 Å². The molecule has 0 aromatic carbocycles. The van der Waals surface area contributed by atoms with E-state index in [1.165, 1.54) is 12.4 Å². The van der Waals surface area contributed by atoms with Crippen LogP contribution in [0.2, 0.25) is 0 Å². The van der Waals surface area contributed by atoms with Crippen molar-refractivity contribution in [3.63, 3.8) is 0 Å². The van der Waals surface area contributed by atoms with E-state index in [0.717, 1.165) is 24.0 Å². The molecule has 4 rings (SSSR count). The standard InChI is InChI=1S/C20H14F6N6O/c1-31-6-4-10-8-27-9-12(16(10)31)15-14(20(24,25)26)17(32(2)30-15)18(33)29-11-3-5-28-13(7-11)19(21,22)23/h3-9H,1-2H3,(H,28,29,33). The third-order valence-corrected chi connectivity index (χ3v) is 4.89. The topological polar surface area (TPSA) is 77.6 Å². The van der Waals surface area contributed by atoms with Crippen LogP contribution in [0.25, 0.3) is 22.2 Å². The first kappa shape index (κ1) is 22.3. The molecule has 0 spiro atoms. The maximum absolute atomic E-state index is 14.1. The van der Waals surface area contributed by atoms with Gasteiger partial charge in [-0.3, -0.25) is 19.4 Å². The highest BCUT2D eigenvalue weighted by Crippen LogP contribution is 2.41. The van der Waals surface area contributed by atoms with Crippen molar-refractivity contribution in [3.05, 3.63) is 59.9 Å². The van der Waals surface area contributed by atoms with Crippen LogP contribution in [-0.2, 0) is 26.4 Å². The molecule has 0 aliphatic carbocycles. The van der Waals surface area contributed by atoms with E-state index < -0.39 is 40.9 Å². The van der Waals surface area contributed by atoms with Crippen LogP contribution in [0.15, 0.2) is 43.0 Å². The average Bonchev–Trinajstić information content (AvgIpc) is 3.28. The summed E-state index contributed by atoms with van der Waals surface area (Å²) in [4.78, 5) is 19.9. The number of aryl methyl sites for hydroxylation is 2. The molecule has 0 aliphatic rings. The highest BCUT2D eigenvalue weighted by atomic mass is 19.4. The number of amides is 1. The average molecular weight is 468 g/mol. The summed E-state index contributed by atoms with van der Waals surface area (Å²) >= 11 is 0. The lowest BCUT2D eigenvalue weighted by Gasteiger charge is -2.12. The van der Waals surface area contributed by atoms with Crippen LogP contribution in [0.5, 0.6) is 0 Å². The summed E-state index contributed by atoms with van der Waals surface area (Å²) in [5.74, 6) is -1.28. The van der Waals surface area contributed by atoms with Crippen LogP contribution < -0.4 is 5.32 Å². The third kappa shape index (κ3) is 4.01. The van der Waals surface area contributed by atoms with Gasteiger partial charge in [0, 0.05) is 55.5 Å². The normalized spacial score (nSPS) is 12.4. The molecule has 0 radical (unpaired) electrons. The molecule has 0 saturated heterocycles. The molecular weight excluding hydrogens is 454 g/mol. The van der Waals surface area contributed by atoms with Crippen LogP contribution in [-0.4, -0.2) is 30.2 Å². The molecule has 0 unspecified atom stereocenters. The Balaban J connectivity index is 1.84. The van der Waals surface area contributed by atoms with Gasteiger partial charge in [-0.15, -0.1) is 0 Å². The van der Waals surface area contributed by atoms with Gasteiger partial charge in [0.05, 0.1) is 5.52 Å². The van der Waals surface area contributed by atoms with Gasteiger partial charge in [-0.25, -0.2) is 0 Å². The van der Waals surface area contributed by atoms with Gasteiger partial charge in [0.25, 0.3) is 5.91 Å².